The van der Waals surface area contributed by atoms with Gasteiger partial charge in [0.05, 0.1) is 5.54 Å². The smallest absolute Gasteiger partial charge is 0.223 e. The molecule has 0 saturated heterocycles. The molecule has 4 nitrogen and oxygen atoms in total. The van der Waals surface area contributed by atoms with Crippen LogP contribution in [-0.2, 0) is 0 Å². The van der Waals surface area contributed by atoms with E-state index in [2.05, 4.69) is 37.9 Å². The summed E-state index contributed by atoms with van der Waals surface area (Å²) in [5, 5.41) is 3.26. The average molecular weight is 290 g/mol. The van der Waals surface area contributed by atoms with Crippen molar-refractivity contribution >= 4 is 28.5 Å². The Morgan fingerprint density at radius 2 is 2.08 bits per heavy atom. The van der Waals surface area contributed by atoms with Crippen molar-refractivity contribution in [2.75, 3.05) is 11.9 Å². The molecule has 0 atom stereocenters. The number of nitrogens with two attached hydrogens (primary N) is 1. The predicted molar refractivity (Wildman–Crippen MR) is 59.4 cm³/mol. The van der Waals surface area contributed by atoms with Gasteiger partial charge in [-0.05, 0) is 35.4 Å². The summed E-state index contributed by atoms with van der Waals surface area (Å²) in [5.74, 6) is 0.684. The lowest BCUT2D eigenvalue weighted by molar-refractivity contribution is 0.730. The van der Waals surface area contributed by atoms with Crippen molar-refractivity contribution in [2.24, 2.45) is 5.73 Å². The van der Waals surface area contributed by atoms with Gasteiger partial charge in [-0.2, -0.15) is 0 Å². The molecule has 0 unspecified atom stereocenters. The Morgan fingerprint density at radius 1 is 1.46 bits per heavy atom. The number of nitrogens with one attached hydrogen (secondary N) is 1. The molecule has 0 amide bonds. The second-order valence-corrected chi connectivity index (χ2v) is 4.58. The molecule has 13 heavy (non-hydrogen) atoms. The average Bonchev–Trinajstić information content (AvgIpc) is 2.90. The van der Waals surface area contributed by atoms with Crippen LogP contribution in [0.3, 0.4) is 0 Å². The first-order valence-electron chi connectivity index (χ1n) is 4.20. The van der Waals surface area contributed by atoms with E-state index in [-0.39, 0.29) is 5.54 Å². The van der Waals surface area contributed by atoms with Gasteiger partial charge in [0.1, 0.15) is 0 Å². The van der Waals surface area contributed by atoms with Crippen LogP contribution >= 0.6 is 22.6 Å². The molecule has 0 radical (unpaired) electrons. The molecule has 1 aliphatic rings. The lowest BCUT2D eigenvalue weighted by atomic mass is 10.3. The maximum absolute atomic E-state index is 5.63. The second kappa shape index (κ2) is 3.38. The van der Waals surface area contributed by atoms with Gasteiger partial charge in [0.25, 0.3) is 0 Å². The van der Waals surface area contributed by atoms with Crippen LogP contribution in [0.15, 0.2) is 12.4 Å². The number of nitrogens with zero attached hydrogens (tertiary/aromatic N) is 2. The van der Waals surface area contributed by atoms with Crippen LogP contribution < -0.4 is 11.1 Å². The summed E-state index contributed by atoms with van der Waals surface area (Å²) in [6.07, 6.45) is 5.84. The van der Waals surface area contributed by atoms with Crippen LogP contribution in [0.25, 0.3) is 0 Å². The van der Waals surface area contributed by atoms with E-state index in [4.69, 9.17) is 5.73 Å². The summed E-state index contributed by atoms with van der Waals surface area (Å²) in [6, 6.07) is 0. The number of anilines is 1. The van der Waals surface area contributed by atoms with Gasteiger partial charge in [0.15, 0.2) is 0 Å². The van der Waals surface area contributed by atoms with E-state index >= 15 is 0 Å². The Kier molecular flexibility index (Phi) is 2.37. The molecule has 1 aromatic heterocycles. The van der Waals surface area contributed by atoms with E-state index in [1.165, 1.54) is 0 Å². The second-order valence-electron chi connectivity index (χ2n) is 3.33. The van der Waals surface area contributed by atoms with Gasteiger partial charge in [-0.15, -0.1) is 0 Å². The van der Waals surface area contributed by atoms with Gasteiger partial charge in [-0.1, -0.05) is 0 Å². The van der Waals surface area contributed by atoms with Gasteiger partial charge >= 0.3 is 0 Å². The highest BCUT2D eigenvalue weighted by molar-refractivity contribution is 14.1. The Balaban J connectivity index is 2.06. The fourth-order valence-corrected chi connectivity index (χ4v) is 1.42. The first-order chi connectivity index (χ1) is 6.24. The SMILES string of the molecule is NCC1(Nc2ncc(I)cn2)CC1. The zero-order valence-corrected chi connectivity index (χ0v) is 9.28. The van der Waals surface area contributed by atoms with E-state index in [9.17, 15) is 0 Å². The molecule has 3 N–H and O–H groups in total. The van der Waals surface area contributed by atoms with Gasteiger partial charge in [-0.25, -0.2) is 9.97 Å². The van der Waals surface area contributed by atoms with Crippen LogP contribution in [0.2, 0.25) is 0 Å². The molecule has 1 saturated carbocycles. The minimum absolute atomic E-state index is 0.0901. The van der Waals surface area contributed by atoms with Gasteiger partial charge < -0.3 is 11.1 Å². The maximum Gasteiger partial charge on any atom is 0.223 e. The highest BCUT2D eigenvalue weighted by Crippen LogP contribution is 2.36. The van der Waals surface area contributed by atoms with E-state index in [1.807, 2.05) is 0 Å². The molecule has 0 aliphatic heterocycles. The topological polar surface area (TPSA) is 63.8 Å². The molecule has 0 aromatic carbocycles. The number of rotatable bonds is 3. The number of hydrogen-bond donors (Lipinski definition) is 2. The van der Waals surface area contributed by atoms with Crippen LogP contribution in [0.5, 0.6) is 0 Å². The van der Waals surface area contributed by atoms with Crippen LogP contribution in [0.4, 0.5) is 5.95 Å². The molecule has 1 aromatic rings. The monoisotopic (exact) mass is 290 g/mol. The van der Waals surface area contributed by atoms with Crippen molar-refractivity contribution in [3.05, 3.63) is 16.0 Å². The highest BCUT2D eigenvalue weighted by atomic mass is 127. The van der Waals surface area contributed by atoms with Gasteiger partial charge in [0, 0.05) is 22.5 Å². The Bertz CT molecular complexity index is 294. The predicted octanol–water partition coefficient (Wildman–Crippen LogP) is 0.984. The molecule has 5 heteroatoms. The molecule has 70 valence electrons. The molecule has 1 aliphatic carbocycles. The first kappa shape index (κ1) is 9.14. The zero-order chi connectivity index (χ0) is 9.31. The highest BCUT2D eigenvalue weighted by Gasteiger charge is 2.41. The summed E-state index contributed by atoms with van der Waals surface area (Å²) >= 11 is 2.18. The quantitative estimate of drug-likeness (QED) is 0.815. The molecule has 0 bridgehead atoms. The van der Waals surface area contributed by atoms with Crippen LogP contribution in [-0.4, -0.2) is 22.1 Å². The van der Waals surface area contributed by atoms with Crippen molar-refractivity contribution in [1.82, 2.24) is 9.97 Å². The van der Waals surface area contributed by atoms with Crippen molar-refractivity contribution in [3.63, 3.8) is 0 Å². The van der Waals surface area contributed by atoms with Crippen LogP contribution in [0, 0.1) is 3.57 Å². The Hall–Kier alpha value is -0.430. The molecule has 1 heterocycles. The standard InChI is InChI=1S/C8H11IN4/c9-6-3-11-7(12-4-6)13-8(5-10)1-2-8/h3-4H,1-2,5,10H2,(H,11,12,13). The summed E-state index contributed by atoms with van der Waals surface area (Å²) in [4.78, 5) is 8.33. The summed E-state index contributed by atoms with van der Waals surface area (Å²) < 4.78 is 1.04. The summed E-state index contributed by atoms with van der Waals surface area (Å²) in [6.45, 7) is 0.655. The lowest BCUT2D eigenvalue weighted by Crippen LogP contribution is -2.31. The number of hydrogen-bond acceptors (Lipinski definition) is 4. The molecule has 2 rings (SSSR count). The van der Waals surface area contributed by atoms with E-state index in [1.54, 1.807) is 12.4 Å². The third kappa shape index (κ3) is 2.08. The first-order valence-corrected chi connectivity index (χ1v) is 5.28. The fraction of sp³-hybridized carbons (Fsp3) is 0.500. The number of aromatic nitrogens is 2. The fourth-order valence-electron chi connectivity index (χ4n) is 1.15. The van der Waals surface area contributed by atoms with Crippen molar-refractivity contribution in [3.8, 4) is 0 Å². The number of halogens is 1. The van der Waals surface area contributed by atoms with Crippen molar-refractivity contribution < 1.29 is 0 Å². The van der Waals surface area contributed by atoms with E-state index < -0.39 is 0 Å². The minimum atomic E-state index is 0.0901. The largest absolute Gasteiger partial charge is 0.348 e. The maximum atomic E-state index is 5.63. The lowest BCUT2D eigenvalue weighted by Gasteiger charge is -2.13. The molecule has 0 spiro atoms. The van der Waals surface area contributed by atoms with Crippen molar-refractivity contribution in [1.29, 1.82) is 0 Å². The van der Waals surface area contributed by atoms with Crippen LogP contribution in [0.1, 0.15) is 12.8 Å². The normalized spacial score (nSPS) is 18.3. The Labute approximate surface area is 90.5 Å². The van der Waals surface area contributed by atoms with Crippen molar-refractivity contribution in [2.45, 2.75) is 18.4 Å². The third-order valence-electron chi connectivity index (χ3n) is 2.24. The summed E-state index contributed by atoms with van der Waals surface area (Å²) in [5.41, 5.74) is 5.72. The molecular formula is C8H11IN4. The van der Waals surface area contributed by atoms with E-state index in [0.29, 0.717) is 12.5 Å². The zero-order valence-electron chi connectivity index (χ0n) is 7.13. The molecular weight excluding hydrogens is 279 g/mol. The van der Waals surface area contributed by atoms with E-state index in [0.717, 1.165) is 16.4 Å². The third-order valence-corrected chi connectivity index (χ3v) is 2.80. The van der Waals surface area contributed by atoms with Gasteiger partial charge in [-0.3, -0.25) is 0 Å². The minimum Gasteiger partial charge on any atom is -0.348 e. The Morgan fingerprint density at radius 3 is 2.54 bits per heavy atom. The molecule has 1 fully saturated rings. The summed E-state index contributed by atoms with van der Waals surface area (Å²) in [7, 11) is 0. The van der Waals surface area contributed by atoms with Gasteiger partial charge in [0.2, 0.25) is 5.95 Å².